The van der Waals surface area contributed by atoms with E-state index in [1.165, 1.54) is 32.6 Å². The monoisotopic (exact) mass is 958 g/mol. The summed E-state index contributed by atoms with van der Waals surface area (Å²) in [6.45, 7) is 8.13. The molecule has 0 aliphatic rings. The van der Waals surface area contributed by atoms with Crippen LogP contribution in [0.1, 0.15) is 5.82 Å². The average Bonchev–Trinajstić information content (AvgIpc) is 4.17. The molecule has 6 heteroatoms. The van der Waals surface area contributed by atoms with Crippen molar-refractivity contribution >= 4 is 71.0 Å². The average molecular weight is 959 g/mol. The molecular weight excluding hydrogens is 913 g/mol. The van der Waals surface area contributed by atoms with Gasteiger partial charge >= 0.3 is 0 Å². The van der Waals surface area contributed by atoms with Crippen LogP contribution in [-0.4, -0.2) is 28.7 Å². The normalized spacial score (nSPS) is 11.9. The van der Waals surface area contributed by atoms with Gasteiger partial charge in [0.05, 0.1) is 38.8 Å². The fourth-order valence-electron chi connectivity index (χ4n) is 11.3. The van der Waals surface area contributed by atoms with Crippen LogP contribution in [-0.2, 0) is 0 Å². The van der Waals surface area contributed by atoms with Crippen molar-refractivity contribution in [2.24, 2.45) is 0 Å². The van der Waals surface area contributed by atoms with Crippen LogP contribution in [0.3, 0.4) is 0 Å². The quantitative estimate of drug-likeness (QED) is 0.128. The summed E-state index contributed by atoms with van der Waals surface area (Å²) in [6, 6.07) is 84.9. The Hall–Kier alpha value is -10.2. The van der Waals surface area contributed by atoms with E-state index in [1.807, 2.05) is 36.4 Å². The largest absolute Gasteiger partial charge is 0.309 e. The van der Waals surface area contributed by atoms with Gasteiger partial charge in [0.25, 0.3) is 0 Å². The number of hydrogen-bond donors (Lipinski definition) is 0. The van der Waals surface area contributed by atoms with Gasteiger partial charge in [-0.15, -0.1) is 0 Å². The first-order chi connectivity index (χ1) is 37.1. The molecule has 6 nitrogen and oxygen atoms in total. The molecule has 0 spiro atoms. The van der Waals surface area contributed by atoms with Crippen LogP contribution in [0.15, 0.2) is 268 Å². The number of hydrogen-bond acceptors (Lipinski definition) is 3. The maximum absolute atomic E-state index is 5.26. The summed E-state index contributed by atoms with van der Waals surface area (Å²) in [4.78, 5) is 15.5. The summed E-state index contributed by atoms with van der Waals surface area (Å²) >= 11 is 0. The lowest BCUT2D eigenvalue weighted by Gasteiger charge is -2.21. The van der Waals surface area contributed by atoms with E-state index in [9.17, 15) is 0 Å². The predicted octanol–water partition coefficient (Wildman–Crippen LogP) is 17.6. The van der Waals surface area contributed by atoms with Crippen LogP contribution < -0.4 is 0 Å². The van der Waals surface area contributed by atoms with Gasteiger partial charge in [-0.1, -0.05) is 201 Å². The minimum absolute atomic E-state index is 0.513. The molecule has 0 aliphatic heterocycles. The second kappa shape index (κ2) is 17.8. The molecule has 0 radical (unpaired) electrons. The lowest BCUT2D eigenvalue weighted by molar-refractivity contribution is 1.04. The molecular formula is C69H46N6. The van der Waals surface area contributed by atoms with Crippen molar-refractivity contribution in [2.75, 3.05) is 0 Å². The van der Waals surface area contributed by atoms with Crippen LogP contribution in [0.2, 0.25) is 0 Å². The van der Waals surface area contributed by atoms with Crippen molar-refractivity contribution in [1.29, 1.82) is 0 Å². The first-order valence-electron chi connectivity index (χ1n) is 25.3. The van der Waals surface area contributed by atoms with Gasteiger partial charge in [0.15, 0.2) is 17.5 Å². The zero-order valence-corrected chi connectivity index (χ0v) is 40.8. The molecule has 0 atom stereocenters. The third-order valence-corrected chi connectivity index (χ3v) is 14.6. The molecule has 352 valence electrons. The third-order valence-electron chi connectivity index (χ3n) is 14.6. The minimum Gasteiger partial charge on any atom is -0.309 e. The summed E-state index contributed by atoms with van der Waals surface area (Å²) in [5, 5.41) is 7.17. The third kappa shape index (κ3) is 7.14. The number of allylic oxidation sites excluding steroid dienone is 4. The SMILES string of the molecule is C=C/C=C(\C=C)c1nc(-c2ccccc2)nc(-c2cc(-c3ccccc3)c(-n3c4ccc(-n5c6ccccc6c6ccccc65)cc4c4ccc(-n5c6ccccc6c6ccccc65)cc43)c(-c3ccccc3)c2)n1. The Kier molecular flexibility index (Phi) is 10.4. The number of rotatable bonds is 10. The van der Waals surface area contributed by atoms with Crippen molar-refractivity contribution in [1.82, 2.24) is 28.7 Å². The Morgan fingerprint density at radius 1 is 0.333 bits per heavy atom. The van der Waals surface area contributed by atoms with E-state index in [0.717, 1.165) is 88.9 Å². The van der Waals surface area contributed by atoms with Gasteiger partial charge in [-0.2, -0.15) is 0 Å². The Labute approximate surface area is 433 Å². The summed E-state index contributed by atoms with van der Waals surface area (Å²) in [5.74, 6) is 1.63. The molecule has 75 heavy (non-hydrogen) atoms. The summed E-state index contributed by atoms with van der Waals surface area (Å²) in [5.41, 5.74) is 16.6. The highest BCUT2D eigenvalue weighted by molar-refractivity contribution is 6.15. The van der Waals surface area contributed by atoms with E-state index < -0.39 is 0 Å². The standard InChI is InChI=1S/C69H46N6/c1-3-22-45(4-2)67-70-68(48-27-12-7-13-28-48)72-69(71-67)49-41-57(46-23-8-5-9-24-46)66(58(42-49)47-25-10-6-11-26-47)75-64-40-38-50(73-60-33-18-14-29-52(60)53-30-15-19-34-61(53)73)43-59(64)56-39-37-51(44-65(56)75)74-62-35-20-16-31-54(62)55-32-17-21-36-63(55)74/h3-44H,1-2H2/b45-22+. The van der Waals surface area contributed by atoms with Crippen molar-refractivity contribution in [3.63, 3.8) is 0 Å². The zero-order chi connectivity index (χ0) is 50.0. The van der Waals surface area contributed by atoms with Gasteiger partial charge in [-0.3, -0.25) is 0 Å². The van der Waals surface area contributed by atoms with E-state index in [0.29, 0.717) is 17.5 Å². The summed E-state index contributed by atoms with van der Waals surface area (Å²) < 4.78 is 7.33. The van der Waals surface area contributed by atoms with Crippen LogP contribution in [0.25, 0.3) is 133 Å². The Bertz CT molecular complexity index is 4450. The molecule has 0 unspecified atom stereocenters. The molecule has 4 heterocycles. The van der Waals surface area contributed by atoms with E-state index in [4.69, 9.17) is 15.0 Å². The van der Waals surface area contributed by atoms with Gasteiger partial charge < -0.3 is 13.7 Å². The highest BCUT2D eigenvalue weighted by Gasteiger charge is 2.25. The second-order valence-corrected chi connectivity index (χ2v) is 18.9. The highest BCUT2D eigenvalue weighted by Crippen LogP contribution is 2.46. The topological polar surface area (TPSA) is 53.5 Å². The second-order valence-electron chi connectivity index (χ2n) is 18.9. The van der Waals surface area contributed by atoms with E-state index >= 15 is 0 Å². The predicted molar refractivity (Wildman–Crippen MR) is 313 cm³/mol. The van der Waals surface area contributed by atoms with Crippen molar-refractivity contribution < 1.29 is 0 Å². The van der Waals surface area contributed by atoms with Crippen molar-refractivity contribution in [2.45, 2.75) is 0 Å². The molecule has 0 saturated carbocycles. The minimum atomic E-state index is 0.513. The van der Waals surface area contributed by atoms with Crippen LogP contribution in [0, 0.1) is 0 Å². The number of para-hydroxylation sites is 4. The summed E-state index contributed by atoms with van der Waals surface area (Å²) in [6.07, 6.45) is 5.39. The maximum atomic E-state index is 5.26. The maximum Gasteiger partial charge on any atom is 0.164 e. The van der Waals surface area contributed by atoms with E-state index in [1.54, 1.807) is 12.2 Å². The van der Waals surface area contributed by atoms with E-state index in [2.05, 4.69) is 233 Å². The fourth-order valence-corrected chi connectivity index (χ4v) is 11.3. The number of benzene rings is 10. The fraction of sp³-hybridized carbons (Fsp3) is 0. The first kappa shape index (κ1) is 43.6. The zero-order valence-electron chi connectivity index (χ0n) is 40.8. The Morgan fingerprint density at radius 3 is 1.24 bits per heavy atom. The Balaban J connectivity index is 1.11. The van der Waals surface area contributed by atoms with Crippen LogP contribution >= 0.6 is 0 Å². The van der Waals surface area contributed by atoms with Gasteiger partial charge in [0, 0.05) is 71.5 Å². The molecule has 10 aromatic carbocycles. The van der Waals surface area contributed by atoms with Gasteiger partial charge in [0.1, 0.15) is 0 Å². The molecule has 0 aliphatic carbocycles. The highest BCUT2D eigenvalue weighted by atomic mass is 15.0. The number of fused-ring (bicyclic) bond motifs is 9. The van der Waals surface area contributed by atoms with E-state index in [-0.39, 0.29) is 0 Å². The molecule has 0 N–H and O–H groups in total. The molecule has 0 saturated heterocycles. The number of aromatic nitrogens is 6. The molecule has 4 aromatic heterocycles. The van der Waals surface area contributed by atoms with Crippen molar-refractivity contribution in [3.05, 3.63) is 274 Å². The van der Waals surface area contributed by atoms with Crippen LogP contribution in [0.4, 0.5) is 0 Å². The smallest absolute Gasteiger partial charge is 0.164 e. The lowest BCUT2D eigenvalue weighted by Crippen LogP contribution is -2.05. The van der Waals surface area contributed by atoms with Crippen LogP contribution in [0.5, 0.6) is 0 Å². The van der Waals surface area contributed by atoms with Gasteiger partial charge in [-0.25, -0.2) is 15.0 Å². The molecule has 0 bridgehead atoms. The molecule has 0 amide bonds. The summed E-state index contributed by atoms with van der Waals surface area (Å²) in [7, 11) is 0. The van der Waals surface area contributed by atoms with Gasteiger partial charge in [-0.05, 0) is 77.9 Å². The Morgan fingerprint density at radius 2 is 0.747 bits per heavy atom. The molecule has 0 fully saturated rings. The first-order valence-corrected chi connectivity index (χ1v) is 25.3. The lowest BCUT2D eigenvalue weighted by atomic mass is 9.92. The number of nitrogens with zero attached hydrogens (tertiary/aromatic N) is 6. The van der Waals surface area contributed by atoms with Crippen molar-refractivity contribution in [3.8, 4) is 62.1 Å². The molecule has 14 aromatic rings. The van der Waals surface area contributed by atoms with Gasteiger partial charge in [0.2, 0.25) is 0 Å². The molecule has 14 rings (SSSR count).